The molecule has 0 bridgehead atoms. The molecule has 0 saturated carbocycles. The van der Waals surface area contributed by atoms with E-state index < -0.39 is 23.6 Å². The molecule has 5 N–H and O–H groups in total. The molecular formula is C32H42N3O6-. The predicted octanol–water partition coefficient (Wildman–Crippen LogP) is 4.11. The molecule has 0 radical (unpaired) electrons. The topological polar surface area (TPSA) is 157 Å². The van der Waals surface area contributed by atoms with Gasteiger partial charge in [-0.05, 0) is 54.5 Å². The van der Waals surface area contributed by atoms with E-state index in [1.807, 2.05) is 12.1 Å². The number of benzene rings is 1. The first-order chi connectivity index (χ1) is 19.8. The Hall–Kier alpha value is -3.69. The van der Waals surface area contributed by atoms with Crippen LogP contribution in [0.25, 0.3) is 0 Å². The highest BCUT2D eigenvalue weighted by atomic mass is 16.5. The minimum Gasteiger partial charge on any atom is -0.668 e. The van der Waals surface area contributed by atoms with Gasteiger partial charge in [-0.3, -0.25) is 9.59 Å². The molecule has 0 aliphatic heterocycles. The smallest absolute Gasteiger partial charge is 0.170 e. The molecule has 41 heavy (non-hydrogen) atoms. The van der Waals surface area contributed by atoms with Crippen LogP contribution in [0.2, 0.25) is 0 Å². The first-order valence-corrected chi connectivity index (χ1v) is 14.3. The number of carbonyl (C=O) groups excluding carboxylic acids is 2. The lowest BCUT2D eigenvalue weighted by Gasteiger charge is -2.29. The Morgan fingerprint density at radius 3 is 2.49 bits per heavy atom. The molecule has 222 valence electrons. The second kappa shape index (κ2) is 15.9. The number of carbonyl (C=O) groups is 2. The zero-order valence-corrected chi connectivity index (χ0v) is 24.0. The van der Waals surface area contributed by atoms with Crippen LogP contribution in [0.3, 0.4) is 0 Å². The zero-order chi connectivity index (χ0) is 29.8. The molecule has 0 fully saturated rings. The lowest BCUT2D eigenvalue weighted by Crippen LogP contribution is -2.30. The number of aliphatic hydroxyl groups excluding tert-OH is 2. The number of anilines is 1. The molecule has 3 rings (SSSR count). The highest BCUT2D eigenvalue weighted by Crippen LogP contribution is 2.43. The number of phenols is 1. The molecule has 3 aromatic rings. The summed E-state index contributed by atoms with van der Waals surface area (Å²) in [6.07, 6.45) is 7.22. The molecule has 1 aromatic carbocycles. The van der Waals surface area contributed by atoms with Gasteiger partial charge in [0, 0.05) is 37.1 Å². The van der Waals surface area contributed by atoms with Gasteiger partial charge < -0.3 is 30.8 Å². The normalized spacial score (nSPS) is 13.5. The van der Waals surface area contributed by atoms with Crippen LogP contribution >= 0.6 is 0 Å². The van der Waals surface area contributed by atoms with Gasteiger partial charge in [0.2, 0.25) is 0 Å². The van der Waals surface area contributed by atoms with Crippen molar-refractivity contribution < 1.29 is 29.6 Å². The number of pyridine rings is 1. The molecule has 2 aromatic heterocycles. The number of ketones is 2. The van der Waals surface area contributed by atoms with E-state index in [-0.39, 0.29) is 43.3 Å². The number of Topliss-reactive ketones (excluding diaryl/α,β-unsaturated/α-hetero) is 2. The summed E-state index contributed by atoms with van der Waals surface area (Å²) in [5, 5.41) is 32.1. The Labute approximate surface area is 241 Å². The second-order valence-corrected chi connectivity index (χ2v) is 10.5. The zero-order valence-electron chi connectivity index (χ0n) is 24.0. The number of ether oxygens (including phenoxy) is 1. The largest absolute Gasteiger partial charge is 0.668 e. The summed E-state index contributed by atoms with van der Waals surface area (Å²) < 4.78 is 5.47. The number of methoxy groups -OCH3 is 1. The van der Waals surface area contributed by atoms with E-state index in [1.165, 1.54) is 7.11 Å². The van der Waals surface area contributed by atoms with Crippen LogP contribution in [0.1, 0.15) is 80.2 Å². The fraction of sp³-hybridized carbons (Fsp3) is 0.469. The van der Waals surface area contributed by atoms with Crippen molar-refractivity contribution in [1.29, 1.82) is 0 Å². The average Bonchev–Trinajstić information content (AvgIpc) is 3.49. The number of rotatable bonds is 18. The maximum atomic E-state index is 12.7. The van der Waals surface area contributed by atoms with Crippen molar-refractivity contribution in [2.75, 3.05) is 19.5 Å². The lowest BCUT2D eigenvalue weighted by atomic mass is 9.78. The Kier molecular flexibility index (Phi) is 12.4. The number of aliphatic hydroxyl groups is 2. The third-order valence-corrected chi connectivity index (χ3v) is 7.47. The van der Waals surface area contributed by atoms with Gasteiger partial charge in [-0.25, -0.2) is 4.98 Å². The average molecular weight is 565 g/mol. The maximum absolute atomic E-state index is 12.7. The summed E-state index contributed by atoms with van der Waals surface area (Å²) in [5.74, 6) is -1.45. The van der Waals surface area contributed by atoms with E-state index in [9.17, 15) is 24.9 Å². The van der Waals surface area contributed by atoms with Gasteiger partial charge in [-0.2, -0.15) is 11.9 Å². The third kappa shape index (κ3) is 8.90. The van der Waals surface area contributed by atoms with Crippen molar-refractivity contribution in [3.8, 4) is 11.5 Å². The van der Waals surface area contributed by atoms with Crippen molar-refractivity contribution in [2.45, 2.75) is 76.7 Å². The Balaban J connectivity index is 1.85. The van der Waals surface area contributed by atoms with Gasteiger partial charge in [0.05, 0.1) is 7.11 Å². The summed E-state index contributed by atoms with van der Waals surface area (Å²) in [6, 6.07) is 10.6. The monoisotopic (exact) mass is 564 g/mol. The lowest BCUT2D eigenvalue weighted by molar-refractivity contribution is -0.138. The summed E-state index contributed by atoms with van der Waals surface area (Å²) in [7, 11) is 1.44. The van der Waals surface area contributed by atoms with Gasteiger partial charge in [-0.1, -0.05) is 50.8 Å². The molecule has 0 aliphatic rings. The van der Waals surface area contributed by atoms with Crippen molar-refractivity contribution in [3.63, 3.8) is 0 Å². The Morgan fingerprint density at radius 2 is 1.83 bits per heavy atom. The fourth-order valence-electron chi connectivity index (χ4n) is 5.23. The van der Waals surface area contributed by atoms with Crippen LogP contribution in [-0.2, 0) is 22.4 Å². The summed E-state index contributed by atoms with van der Waals surface area (Å²) >= 11 is 0. The van der Waals surface area contributed by atoms with Gasteiger partial charge in [0.25, 0.3) is 0 Å². The summed E-state index contributed by atoms with van der Waals surface area (Å²) in [4.78, 5) is 33.5. The molecule has 0 aliphatic carbocycles. The molecule has 0 amide bonds. The number of nitrogens with zero attached hydrogens (tertiary/aromatic N) is 2. The molecule has 9 nitrogen and oxygen atoms in total. The number of phenolic OH excluding ortho intramolecular Hbond substituents is 1. The van der Waals surface area contributed by atoms with Crippen LogP contribution in [-0.4, -0.2) is 51.7 Å². The van der Waals surface area contributed by atoms with E-state index in [0.717, 1.165) is 36.9 Å². The minimum atomic E-state index is -1.64. The van der Waals surface area contributed by atoms with Gasteiger partial charge in [0.1, 0.15) is 5.82 Å². The molecule has 2 heterocycles. The predicted molar refractivity (Wildman–Crippen MR) is 157 cm³/mol. The number of aromatic hydroxyl groups is 1. The summed E-state index contributed by atoms with van der Waals surface area (Å²) in [6.45, 7) is 1.92. The number of hydrogen-bond donors (Lipinski definition) is 4. The first-order valence-electron chi connectivity index (χ1n) is 14.3. The van der Waals surface area contributed by atoms with E-state index in [4.69, 9.17) is 10.5 Å². The number of aryl methyl sites for hydroxylation is 1. The van der Waals surface area contributed by atoms with Crippen molar-refractivity contribution in [2.24, 2.45) is 5.92 Å². The first kappa shape index (κ1) is 31.8. The number of unbranched alkanes of at least 4 members (excludes halogenated alkanes) is 4. The van der Waals surface area contributed by atoms with Gasteiger partial charge in [-0.15, -0.1) is 0 Å². The number of aromatic nitrogens is 2. The van der Waals surface area contributed by atoms with Crippen LogP contribution in [0.4, 0.5) is 5.82 Å². The van der Waals surface area contributed by atoms with Gasteiger partial charge >= 0.3 is 0 Å². The highest BCUT2D eigenvalue weighted by molar-refractivity contribution is 6.05. The maximum Gasteiger partial charge on any atom is 0.170 e. The van der Waals surface area contributed by atoms with Crippen molar-refractivity contribution >= 4 is 17.4 Å². The SMILES string of the molecule is CCCCCCCC(=O)C(O)C(=O)CCc1cc(OC)c(O)c(C(c2ccnc(N)c2)C(CO)Cc2ccc[n-]2)c1. The van der Waals surface area contributed by atoms with Crippen molar-refractivity contribution in [1.82, 2.24) is 9.97 Å². The summed E-state index contributed by atoms with van der Waals surface area (Å²) in [5.41, 5.74) is 8.71. The van der Waals surface area contributed by atoms with Crippen molar-refractivity contribution in [3.05, 3.63) is 71.2 Å². The molecule has 3 unspecified atom stereocenters. The molecule has 9 heteroatoms. The quantitative estimate of drug-likeness (QED) is 0.132. The van der Waals surface area contributed by atoms with E-state index in [1.54, 1.807) is 36.7 Å². The molecule has 3 atom stereocenters. The minimum absolute atomic E-state index is 0.0517. The molecule has 0 spiro atoms. The Morgan fingerprint density at radius 1 is 1.07 bits per heavy atom. The number of hydrogen-bond acceptors (Lipinski definition) is 8. The van der Waals surface area contributed by atoms with E-state index in [0.29, 0.717) is 29.8 Å². The molecular weight excluding hydrogens is 522 g/mol. The third-order valence-electron chi connectivity index (χ3n) is 7.47. The van der Waals surface area contributed by atoms with E-state index >= 15 is 0 Å². The standard InChI is InChI=1S/C32H42N3O6/c1-3-4-5-6-7-10-26(37)32(40)27(38)12-11-21-16-25(31(39)28(17-21)41-2)30(22-13-15-35-29(33)19-22)23(20-36)18-24-9-8-14-34-24/h8-9,13-17,19,23,30,32,36,39-40H,3-7,10-12,18,20H2,1-2H3,(H2,33,35)/q-1. The van der Waals surface area contributed by atoms with Gasteiger partial charge in [0.15, 0.2) is 29.2 Å². The van der Waals surface area contributed by atoms with Crippen LogP contribution in [0, 0.1) is 5.92 Å². The highest BCUT2D eigenvalue weighted by Gasteiger charge is 2.29. The molecule has 0 saturated heterocycles. The fourth-order valence-corrected chi connectivity index (χ4v) is 5.23. The second-order valence-electron chi connectivity index (χ2n) is 10.5. The Bertz CT molecular complexity index is 1260. The number of nitrogen functional groups attached to an aromatic ring is 1. The van der Waals surface area contributed by atoms with Crippen LogP contribution < -0.4 is 15.5 Å². The van der Waals surface area contributed by atoms with Crippen LogP contribution in [0.5, 0.6) is 11.5 Å². The van der Waals surface area contributed by atoms with E-state index in [2.05, 4.69) is 16.9 Å². The van der Waals surface area contributed by atoms with Crippen LogP contribution in [0.15, 0.2) is 48.8 Å². The number of nitrogens with two attached hydrogens (primary N) is 1.